The van der Waals surface area contributed by atoms with E-state index in [2.05, 4.69) is 69.4 Å². The normalized spacial score (nSPS) is 16.9. The van der Waals surface area contributed by atoms with Gasteiger partial charge < -0.3 is 11.5 Å². The van der Waals surface area contributed by atoms with Gasteiger partial charge in [-0.3, -0.25) is 5.32 Å². The van der Waals surface area contributed by atoms with E-state index in [9.17, 15) is 0 Å². The maximum Gasteiger partial charge on any atom is 0.0394 e. The third-order valence-corrected chi connectivity index (χ3v) is 5.52. The summed E-state index contributed by atoms with van der Waals surface area (Å²) in [4.78, 5) is 0. The Morgan fingerprint density at radius 3 is 1.22 bits per heavy atom. The van der Waals surface area contributed by atoms with Gasteiger partial charge in [0.25, 0.3) is 0 Å². The van der Waals surface area contributed by atoms with Gasteiger partial charge in [-0.15, -0.1) is 0 Å². The molecule has 4 rings (SSSR count). The molecule has 0 unspecified atom stereocenters. The quantitative estimate of drug-likeness (QED) is 0.548. The fourth-order valence-corrected chi connectivity index (χ4v) is 4.61. The Hall–Kier alpha value is -2.78. The molecule has 3 nitrogen and oxygen atoms in total. The number of hydrogen-bond acceptors (Lipinski definition) is 3. The largest absolute Gasteiger partial charge is 0.399 e. The average molecular weight is 358 g/mol. The van der Waals surface area contributed by atoms with E-state index in [1.54, 1.807) is 0 Å². The summed E-state index contributed by atoms with van der Waals surface area (Å²) in [6.07, 6.45) is 0. The predicted molar refractivity (Wildman–Crippen MR) is 115 cm³/mol. The Morgan fingerprint density at radius 2 is 0.889 bits per heavy atom. The van der Waals surface area contributed by atoms with Gasteiger partial charge >= 0.3 is 0 Å². The molecular formula is C24H27N3. The Labute approximate surface area is 161 Å². The lowest BCUT2D eigenvalue weighted by Gasteiger charge is -2.26. The van der Waals surface area contributed by atoms with Gasteiger partial charge in [-0.2, -0.15) is 0 Å². The molecule has 0 atom stereocenters. The zero-order valence-corrected chi connectivity index (χ0v) is 16.4. The van der Waals surface area contributed by atoms with E-state index in [-0.39, 0.29) is 11.1 Å². The fourth-order valence-electron chi connectivity index (χ4n) is 4.61. The number of anilines is 2. The summed E-state index contributed by atoms with van der Waals surface area (Å²) < 4.78 is 0. The van der Waals surface area contributed by atoms with Crippen LogP contribution in [0.5, 0.6) is 0 Å². The Kier molecular flexibility index (Phi) is 3.83. The predicted octanol–water partition coefficient (Wildman–Crippen LogP) is 5.26. The first-order chi connectivity index (χ1) is 12.7. The van der Waals surface area contributed by atoms with E-state index in [4.69, 9.17) is 11.5 Å². The highest BCUT2D eigenvalue weighted by Gasteiger charge is 2.44. The van der Waals surface area contributed by atoms with Crippen LogP contribution in [0.3, 0.4) is 0 Å². The number of nitrogens with one attached hydrogen (secondary N) is 1. The van der Waals surface area contributed by atoms with Crippen LogP contribution in [-0.2, 0) is 11.1 Å². The summed E-state index contributed by atoms with van der Waals surface area (Å²) >= 11 is 0. The highest BCUT2D eigenvalue weighted by molar-refractivity contribution is 5.81. The van der Waals surface area contributed by atoms with Crippen LogP contribution in [0, 0.1) is 0 Å². The van der Waals surface area contributed by atoms with Crippen LogP contribution in [-0.4, -0.2) is 0 Å². The first-order valence-electron chi connectivity index (χ1n) is 9.38. The third-order valence-electron chi connectivity index (χ3n) is 5.52. The molecule has 5 N–H and O–H groups in total. The molecule has 3 aromatic rings. The number of nitrogen functional groups attached to an aromatic ring is 2. The van der Waals surface area contributed by atoms with Crippen LogP contribution in [0.4, 0.5) is 11.4 Å². The van der Waals surface area contributed by atoms with Crippen molar-refractivity contribution in [1.29, 1.82) is 0 Å². The van der Waals surface area contributed by atoms with E-state index in [0.29, 0.717) is 0 Å². The van der Waals surface area contributed by atoms with Crippen molar-refractivity contribution in [2.75, 3.05) is 11.5 Å². The molecule has 1 heterocycles. The molecule has 0 amide bonds. The summed E-state index contributed by atoms with van der Waals surface area (Å²) in [5, 5.41) is 3.83. The Morgan fingerprint density at radius 1 is 0.556 bits per heavy atom. The van der Waals surface area contributed by atoms with E-state index >= 15 is 0 Å². The molecule has 0 aliphatic carbocycles. The van der Waals surface area contributed by atoms with Gasteiger partial charge in [0.15, 0.2) is 0 Å². The van der Waals surface area contributed by atoms with Crippen LogP contribution < -0.4 is 16.8 Å². The van der Waals surface area contributed by atoms with Crippen LogP contribution in [0.1, 0.15) is 38.8 Å². The molecule has 0 spiro atoms. The third kappa shape index (κ3) is 2.88. The van der Waals surface area contributed by atoms with Gasteiger partial charge in [0.05, 0.1) is 0 Å². The van der Waals surface area contributed by atoms with Gasteiger partial charge in [0, 0.05) is 22.5 Å². The summed E-state index contributed by atoms with van der Waals surface area (Å²) in [7, 11) is 0. The average Bonchev–Trinajstić information content (AvgIpc) is 2.81. The lowest BCUT2D eigenvalue weighted by Crippen LogP contribution is -2.40. The Bertz CT molecular complexity index is 915. The number of benzene rings is 3. The lowest BCUT2D eigenvalue weighted by molar-refractivity contribution is 0.320. The van der Waals surface area contributed by atoms with Crippen LogP contribution in [0.25, 0.3) is 22.3 Å². The first kappa shape index (κ1) is 17.6. The van der Waals surface area contributed by atoms with E-state index < -0.39 is 0 Å². The number of fused-ring (bicyclic) bond motifs is 1. The highest BCUT2D eigenvalue weighted by atomic mass is 15.1. The van der Waals surface area contributed by atoms with Crippen molar-refractivity contribution in [2.24, 2.45) is 0 Å². The topological polar surface area (TPSA) is 64.1 Å². The van der Waals surface area contributed by atoms with Gasteiger partial charge in [-0.25, -0.2) is 0 Å². The van der Waals surface area contributed by atoms with E-state index in [1.165, 1.54) is 33.4 Å². The zero-order chi connectivity index (χ0) is 19.4. The van der Waals surface area contributed by atoms with Crippen molar-refractivity contribution in [1.82, 2.24) is 5.32 Å². The summed E-state index contributed by atoms with van der Waals surface area (Å²) in [6.45, 7) is 9.03. The molecule has 138 valence electrons. The molecule has 3 aromatic carbocycles. The molecule has 0 saturated heterocycles. The minimum absolute atomic E-state index is 0.140. The highest BCUT2D eigenvalue weighted by Crippen LogP contribution is 2.49. The van der Waals surface area contributed by atoms with Crippen molar-refractivity contribution < 1.29 is 0 Å². The number of nitrogens with two attached hydrogens (primary N) is 2. The van der Waals surface area contributed by atoms with Gasteiger partial charge in [0.1, 0.15) is 0 Å². The molecule has 3 heteroatoms. The molecule has 0 bridgehead atoms. The molecule has 0 fully saturated rings. The molecule has 1 aliphatic rings. The van der Waals surface area contributed by atoms with Crippen LogP contribution in [0.15, 0.2) is 60.7 Å². The van der Waals surface area contributed by atoms with E-state index in [0.717, 1.165) is 11.4 Å². The molecule has 0 saturated carbocycles. The molecule has 0 aromatic heterocycles. The zero-order valence-electron chi connectivity index (χ0n) is 16.4. The second kappa shape index (κ2) is 5.86. The Balaban J connectivity index is 2.02. The molecule has 1 aliphatic heterocycles. The number of rotatable bonds is 2. The lowest BCUT2D eigenvalue weighted by atomic mass is 9.80. The van der Waals surface area contributed by atoms with E-state index in [1.807, 2.05) is 24.3 Å². The van der Waals surface area contributed by atoms with Gasteiger partial charge in [-0.05, 0) is 85.3 Å². The smallest absolute Gasteiger partial charge is 0.0394 e. The maximum absolute atomic E-state index is 5.90. The standard InChI is InChI=1S/C24H27N3/c1-23(2)21-19(15-5-9-17(25)10-6-15)13-14-20(22(21)24(3,4)27-23)16-7-11-18(26)12-8-16/h5-14,27H,25-26H2,1-4H3. The monoisotopic (exact) mass is 357 g/mol. The summed E-state index contributed by atoms with van der Waals surface area (Å²) in [5.74, 6) is 0. The van der Waals surface area contributed by atoms with Crippen molar-refractivity contribution in [3.63, 3.8) is 0 Å². The fraction of sp³-hybridized carbons (Fsp3) is 0.250. The SMILES string of the molecule is CC1(C)NC(C)(C)c2c(-c3ccc(N)cc3)ccc(-c3ccc(N)cc3)c21. The van der Waals surface area contributed by atoms with Crippen molar-refractivity contribution in [3.05, 3.63) is 71.8 Å². The summed E-state index contributed by atoms with van der Waals surface area (Å²) in [5.41, 5.74) is 20.7. The molecule has 27 heavy (non-hydrogen) atoms. The minimum Gasteiger partial charge on any atom is -0.399 e. The van der Waals surface area contributed by atoms with Crippen LogP contribution in [0.2, 0.25) is 0 Å². The van der Waals surface area contributed by atoms with Crippen molar-refractivity contribution in [2.45, 2.75) is 38.8 Å². The minimum atomic E-state index is -0.140. The van der Waals surface area contributed by atoms with Crippen LogP contribution >= 0.6 is 0 Å². The van der Waals surface area contributed by atoms with Crippen molar-refractivity contribution in [3.8, 4) is 22.3 Å². The second-order valence-electron chi connectivity index (χ2n) is 8.53. The van der Waals surface area contributed by atoms with Gasteiger partial charge in [-0.1, -0.05) is 36.4 Å². The van der Waals surface area contributed by atoms with Crippen molar-refractivity contribution >= 4 is 11.4 Å². The maximum atomic E-state index is 5.90. The first-order valence-corrected chi connectivity index (χ1v) is 9.38. The second-order valence-corrected chi connectivity index (χ2v) is 8.53. The van der Waals surface area contributed by atoms with Gasteiger partial charge in [0.2, 0.25) is 0 Å². The molecule has 0 radical (unpaired) electrons. The summed E-state index contributed by atoms with van der Waals surface area (Å²) in [6, 6.07) is 20.8. The molecular weight excluding hydrogens is 330 g/mol. The number of hydrogen-bond donors (Lipinski definition) is 3.